The topological polar surface area (TPSA) is 51.8 Å². The van der Waals surface area contributed by atoms with Gasteiger partial charge in [-0.2, -0.15) is 0 Å². The van der Waals surface area contributed by atoms with Gasteiger partial charge in [0.1, 0.15) is 5.69 Å². The van der Waals surface area contributed by atoms with Crippen LogP contribution in [0.4, 0.5) is 0 Å². The number of nitrogens with two attached hydrogens (primary N) is 1. The summed E-state index contributed by atoms with van der Waals surface area (Å²) in [6.07, 6.45) is 12.5. The van der Waals surface area contributed by atoms with E-state index in [1.165, 1.54) is 32.1 Å². The summed E-state index contributed by atoms with van der Waals surface area (Å²) in [6, 6.07) is 0. The van der Waals surface area contributed by atoms with Crippen LogP contribution in [0.5, 0.6) is 0 Å². The lowest BCUT2D eigenvalue weighted by Crippen LogP contribution is -2.59. The molecule has 0 aromatic carbocycles. The fourth-order valence-corrected chi connectivity index (χ4v) is 5.04. The van der Waals surface area contributed by atoms with E-state index in [0.717, 1.165) is 24.0 Å². The van der Waals surface area contributed by atoms with E-state index in [1.54, 1.807) is 18.6 Å². The quantitative estimate of drug-likeness (QED) is 0.721. The van der Waals surface area contributed by atoms with Gasteiger partial charge >= 0.3 is 0 Å². The van der Waals surface area contributed by atoms with Gasteiger partial charge in [-0.3, -0.25) is 4.98 Å². The van der Waals surface area contributed by atoms with Gasteiger partial charge in [-0.1, -0.05) is 5.92 Å². The summed E-state index contributed by atoms with van der Waals surface area (Å²) >= 11 is 0. The summed E-state index contributed by atoms with van der Waals surface area (Å²) in [5, 5.41) is 0. The maximum Gasteiger partial charge on any atom is 0.131 e. The predicted octanol–water partition coefficient (Wildman–Crippen LogP) is 2.13. The third kappa shape index (κ3) is 1.95. The van der Waals surface area contributed by atoms with Crippen molar-refractivity contribution in [3.8, 4) is 11.8 Å². The van der Waals surface area contributed by atoms with E-state index < -0.39 is 0 Å². The molecule has 4 saturated carbocycles. The first-order valence-electron chi connectivity index (χ1n) is 7.23. The minimum absolute atomic E-state index is 0.0706. The Morgan fingerprint density at radius 3 is 2.58 bits per heavy atom. The molecule has 2 N–H and O–H groups in total. The van der Waals surface area contributed by atoms with Crippen LogP contribution in [-0.4, -0.2) is 15.5 Å². The second-order valence-electron chi connectivity index (χ2n) is 6.94. The molecule has 3 nitrogen and oxygen atoms in total. The largest absolute Gasteiger partial charge is 0.325 e. The molecule has 1 aromatic heterocycles. The minimum Gasteiger partial charge on any atom is -0.325 e. The first kappa shape index (κ1) is 11.4. The molecule has 4 aliphatic carbocycles. The minimum atomic E-state index is 0.0706. The molecule has 19 heavy (non-hydrogen) atoms. The molecule has 4 bridgehead atoms. The SMILES string of the molecule is NC12CC3CC(C1)CC(C#Cc1cnccn1)(C3)C2. The van der Waals surface area contributed by atoms with Crippen LogP contribution in [0.2, 0.25) is 0 Å². The maximum atomic E-state index is 6.58. The van der Waals surface area contributed by atoms with Crippen molar-refractivity contribution in [2.24, 2.45) is 23.0 Å². The average molecular weight is 253 g/mol. The summed E-state index contributed by atoms with van der Waals surface area (Å²) in [6.45, 7) is 0. The van der Waals surface area contributed by atoms with Gasteiger partial charge in [0.15, 0.2) is 0 Å². The lowest BCUT2D eigenvalue weighted by Gasteiger charge is -2.59. The van der Waals surface area contributed by atoms with Gasteiger partial charge in [-0.05, 0) is 56.3 Å². The molecular formula is C16H19N3. The second-order valence-corrected chi connectivity index (χ2v) is 6.94. The lowest BCUT2D eigenvalue weighted by molar-refractivity contribution is -0.0349. The molecule has 0 spiro atoms. The zero-order valence-electron chi connectivity index (χ0n) is 11.1. The summed E-state index contributed by atoms with van der Waals surface area (Å²) < 4.78 is 0. The summed E-state index contributed by atoms with van der Waals surface area (Å²) in [5.74, 6) is 8.39. The van der Waals surface area contributed by atoms with E-state index in [-0.39, 0.29) is 11.0 Å². The number of nitrogens with zero attached hydrogens (tertiary/aromatic N) is 2. The fourth-order valence-electron chi connectivity index (χ4n) is 5.04. The first-order chi connectivity index (χ1) is 9.15. The normalized spacial score (nSPS) is 42.8. The zero-order chi connectivity index (χ0) is 12.9. The summed E-state index contributed by atoms with van der Waals surface area (Å²) in [5.41, 5.74) is 7.59. The van der Waals surface area contributed by atoms with Crippen LogP contribution in [-0.2, 0) is 0 Å². The maximum absolute atomic E-state index is 6.58. The molecule has 2 unspecified atom stereocenters. The van der Waals surface area contributed by atoms with Crippen molar-refractivity contribution >= 4 is 0 Å². The van der Waals surface area contributed by atoms with Crippen molar-refractivity contribution in [3.05, 3.63) is 24.3 Å². The van der Waals surface area contributed by atoms with Crippen molar-refractivity contribution < 1.29 is 0 Å². The van der Waals surface area contributed by atoms with Crippen molar-refractivity contribution in [1.82, 2.24) is 9.97 Å². The van der Waals surface area contributed by atoms with Gasteiger partial charge in [0, 0.05) is 23.3 Å². The number of rotatable bonds is 0. The molecule has 1 heterocycles. The molecule has 0 amide bonds. The summed E-state index contributed by atoms with van der Waals surface area (Å²) in [7, 11) is 0. The standard InChI is InChI=1S/C16H19N3/c17-16-8-12-5-13(9-16)7-15(6-12,11-16)2-1-14-10-18-3-4-19-14/h3-4,10,12-13H,5-9,11,17H2. The Morgan fingerprint density at radius 1 is 1.16 bits per heavy atom. The first-order valence-corrected chi connectivity index (χ1v) is 7.23. The van der Waals surface area contributed by atoms with E-state index in [0.29, 0.717) is 0 Å². The molecule has 4 fully saturated rings. The molecule has 5 rings (SSSR count). The second kappa shape index (κ2) is 3.80. The van der Waals surface area contributed by atoms with Crippen LogP contribution in [0.25, 0.3) is 0 Å². The van der Waals surface area contributed by atoms with Crippen LogP contribution >= 0.6 is 0 Å². The monoisotopic (exact) mass is 253 g/mol. The van der Waals surface area contributed by atoms with E-state index in [9.17, 15) is 0 Å². The van der Waals surface area contributed by atoms with Gasteiger partial charge in [0.05, 0.1) is 6.20 Å². The Morgan fingerprint density at radius 2 is 1.95 bits per heavy atom. The molecule has 98 valence electrons. The van der Waals surface area contributed by atoms with E-state index in [1.807, 2.05) is 0 Å². The van der Waals surface area contributed by atoms with Crippen molar-refractivity contribution in [2.75, 3.05) is 0 Å². The Bertz CT molecular complexity index is 540. The van der Waals surface area contributed by atoms with Gasteiger partial charge < -0.3 is 5.73 Å². The Labute approximate surface area is 114 Å². The van der Waals surface area contributed by atoms with Crippen LogP contribution < -0.4 is 5.73 Å². The zero-order valence-corrected chi connectivity index (χ0v) is 11.1. The molecule has 0 radical (unpaired) electrons. The molecular weight excluding hydrogens is 234 g/mol. The van der Waals surface area contributed by atoms with Crippen LogP contribution in [0.1, 0.15) is 44.2 Å². The summed E-state index contributed by atoms with van der Waals surface area (Å²) in [4.78, 5) is 8.32. The molecule has 1 aromatic rings. The molecule has 0 saturated heterocycles. The Balaban J connectivity index is 1.66. The smallest absolute Gasteiger partial charge is 0.131 e. The third-order valence-corrected chi connectivity index (χ3v) is 5.13. The fraction of sp³-hybridized carbons (Fsp3) is 0.625. The van der Waals surface area contributed by atoms with Crippen molar-refractivity contribution in [1.29, 1.82) is 0 Å². The third-order valence-electron chi connectivity index (χ3n) is 5.13. The van der Waals surface area contributed by atoms with Crippen LogP contribution in [0.3, 0.4) is 0 Å². The van der Waals surface area contributed by atoms with Gasteiger partial charge in [0.2, 0.25) is 0 Å². The highest BCUT2D eigenvalue weighted by Gasteiger charge is 2.55. The van der Waals surface area contributed by atoms with E-state index in [4.69, 9.17) is 5.73 Å². The average Bonchev–Trinajstić information content (AvgIpc) is 2.35. The highest BCUT2D eigenvalue weighted by molar-refractivity contribution is 5.30. The molecule has 0 aliphatic heterocycles. The van der Waals surface area contributed by atoms with Gasteiger partial charge in [0.25, 0.3) is 0 Å². The van der Waals surface area contributed by atoms with Crippen LogP contribution in [0.15, 0.2) is 18.6 Å². The highest BCUT2D eigenvalue weighted by atomic mass is 14.8. The molecule has 2 atom stereocenters. The Hall–Kier alpha value is -1.40. The number of hydrogen-bond acceptors (Lipinski definition) is 3. The van der Waals surface area contributed by atoms with Gasteiger partial charge in [-0.15, -0.1) is 0 Å². The van der Waals surface area contributed by atoms with Crippen LogP contribution in [0, 0.1) is 29.1 Å². The van der Waals surface area contributed by atoms with Crippen molar-refractivity contribution in [2.45, 2.75) is 44.1 Å². The van der Waals surface area contributed by atoms with Crippen molar-refractivity contribution in [3.63, 3.8) is 0 Å². The highest BCUT2D eigenvalue weighted by Crippen LogP contribution is 2.60. The Kier molecular flexibility index (Phi) is 2.29. The number of hydrogen-bond donors (Lipinski definition) is 1. The predicted molar refractivity (Wildman–Crippen MR) is 72.9 cm³/mol. The van der Waals surface area contributed by atoms with Gasteiger partial charge in [-0.25, -0.2) is 4.98 Å². The molecule has 3 heteroatoms. The lowest BCUT2D eigenvalue weighted by atomic mass is 9.47. The number of aromatic nitrogens is 2. The molecule has 4 aliphatic rings. The van der Waals surface area contributed by atoms with E-state index in [2.05, 4.69) is 21.8 Å². The van der Waals surface area contributed by atoms with E-state index >= 15 is 0 Å².